The van der Waals surface area contributed by atoms with E-state index in [2.05, 4.69) is 50.2 Å². The Hall–Kier alpha value is -3.51. The number of aliphatic carboxylic acids is 1. The van der Waals surface area contributed by atoms with Crippen LogP contribution in [-0.2, 0) is 16.1 Å². The van der Waals surface area contributed by atoms with Crippen molar-refractivity contribution in [3.63, 3.8) is 0 Å². The number of carboxylic acids is 1. The average Bonchev–Trinajstić information content (AvgIpc) is 3.46. The van der Waals surface area contributed by atoms with Crippen molar-refractivity contribution < 1.29 is 28.8 Å². The van der Waals surface area contributed by atoms with Gasteiger partial charge in [0.1, 0.15) is 35.9 Å². The first-order chi connectivity index (χ1) is 17.5. The van der Waals surface area contributed by atoms with E-state index in [1.54, 1.807) is 0 Å². The third kappa shape index (κ3) is 4.30. The van der Waals surface area contributed by atoms with E-state index in [-0.39, 0.29) is 18.3 Å². The molecule has 4 atom stereocenters. The van der Waals surface area contributed by atoms with E-state index in [0.29, 0.717) is 12.4 Å². The van der Waals surface area contributed by atoms with Gasteiger partial charge in [0.25, 0.3) is 0 Å². The lowest BCUT2D eigenvalue weighted by Crippen LogP contribution is -2.25. The van der Waals surface area contributed by atoms with Crippen molar-refractivity contribution in [1.82, 2.24) is 0 Å². The maximum Gasteiger partial charge on any atom is 0.311 e. The molecule has 1 unspecified atom stereocenters. The fourth-order valence-corrected chi connectivity index (χ4v) is 5.61. The molecule has 6 rings (SSSR count). The molecular weight excluding hydrogens is 456 g/mol. The number of carboxylic acid groups (broad SMARTS) is 1. The van der Waals surface area contributed by atoms with E-state index in [4.69, 9.17) is 18.9 Å². The Labute approximate surface area is 210 Å². The number of carbonyl (C=O) groups is 1. The van der Waals surface area contributed by atoms with Crippen LogP contribution in [0.1, 0.15) is 47.4 Å². The van der Waals surface area contributed by atoms with E-state index >= 15 is 0 Å². The van der Waals surface area contributed by atoms with Crippen LogP contribution < -0.4 is 14.2 Å². The number of rotatable bonds is 7. The lowest BCUT2D eigenvalue weighted by atomic mass is 9.94. The number of hydrogen-bond donors (Lipinski definition) is 1. The van der Waals surface area contributed by atoms with E-state index in [1.807, 2.05) is 18.2 Å². The van der Waals surface area contributed by atoms with Crippen molar-refractivity contribution in [3.8, 4) is 28.4 Å². The molecule has 6 nitrogen and oxygen atoms in total. The van der Waals surface area contributed by atoms with E-state index in [1.165, 1.54) is 5.56 Å². The van der Waals surface area contributed by atoms with E-state index < -0.39 is 11.9 Å². The first-order valence-electron chi connectivity index (χ1n) is 12.6. The summed E-state index contributed by atoms with van der Waals surface area (Å²) < 4.78 is 23.7. The number of hydrogen-bond acceptors (Lipinski definition) is 5. The summed E-state index contributed by atoms with van der Waals surface area (Å²) in [5, 5.41) is 9.25. The van der Waals surface area contributed by atoms with Crippen LogP contribution in [0.25, 0.3) is 11.1 Å². The summed E-state index contributed by atoms with van der Waals surface area (Å²) in [6.07, 6.45) is 2.79. The standard InChI is InChI=1S/C30H30O6/c1-17-12-22(35-25-8-3-4-11-33-25)13-18(2)26(17)20-7-5-6-19(14-20)16-34-21-9-10-23-24(15-21)36-29-27(23)28(29)30(31)32/h5-7,9-10,12-15,25,27-29H,3-4,8,11,16H2,1-2H3,(H,31,32)/t25?,27-,28-,29-/m1/s1. The summed E-state index contributed by atoms with van der Waals surface area (Å²) >= 11 is 0. The van der Waals surface area contributed by atoms with Gasteiger partial charge in [-0.1, -0.05) is 24.3 Å². The van der Waals surface area contributed by atoms with Gasteiger partial charge in [0, 0.05) is 24.0 Å². The molecule has 1 N–H and O–H groups in total. The van der Waals surface area contributed by atoms with Crippen molar-refractivity contribution in [2.24, 2.45) is 5.92 Å². The van der Waals surface area contributed by atoms with Gasteiger partial charge in [0.05, 0.1) is 6.61 Å². The highest BCUT2D eigenvalue weighted by atomic mass is 16.7. The maximum atomic E-state index is 11.3. The molecule has 0 spiro atoms. The molecule has 186 valence electrons. The van der Waals surface area contributed by atoms with Gasteiger partial charge in [-0.3, -0.25) is 4.79 Å². The van der Waals surface area contributed by atoms with Crippen LogP contribution in [0.4, 0.5) is 0 Å². The molecule has 3 aliphatic rings. The smallest absolute Gasteiger partial charge is 0.311 e. The molecule has 1 aliphatic carbocycles. The van der Waals surface area contributed by atoms with Gasteiger partial charge < -0.3 is 24.1 Å². The highest BCUT2D eigenvalue weighted by molar-refractivity contribution is 5.79. The van der Waals surface area contributed by atoms with Crippen molar-refractivity contribution in [2.75, 3.05) is 6.61 Å². The monoisotopic (exact) mass is 486 g/mol. The van der Waals surface area contributed by atoms with Crippen molar-refractivity contribution in [3.05, 3.63) is 76.9 Å². The van der Waals surface area contributed by atoms with Crippen LogP contribution in [0, 0.1) is 19.8 Å². The third-order valence-corrected chi connectivity index (χ3v) is 7.38. The zero-order valence-corrected chi connectivity index (χ0v) is 20.5. The van der Waals surface area contributed by atoms with Gasteiger partial charge >= 0.3 is 5.97 Å². The topological polar surface area (TPSA) is 74.2 Å². The first kappa shape index (κ1) is 22.9. The summed E-state index contributed by atoms with van der Waals surface area (Å²) in [5.41, 5.74) is 6.70. The number of ether oxygens (including phenoxy) is 4. The molecule has 2 heterocycles. The van der Waals surface area contributed by atoms with Crippen molar-refractivity contribution >= 4 is 5.97 Å². The number of benzene rings is 3. The molecule has 0 amide bonds. The maximum absolute atomic E-state index is 11.3. The van der Waals surface area contributed by atoms with Gasteiger partial charge in [-0.25, -0.2) is 0 Å². The molecule has 0 aromatic heterocycles. The summed E-state index contributed by atoms with van der Waals surface area (Å²) in [5.74, 6) is 1.07. The SMILES string of the molecule is Cc1cc(OC2CCCCO2)cc(C)c1-c1cccc(COc2ccc3c(c2)O[C@H]2[C@H](C(=O)O)[C@@H]32)c1. The first-order valence-corrected chi connectivity index (χ1v) is 12.6. The second kappa shape index (κ2) is 9.17. The fourth-order valence-electron chi connectivity index (χ4n) is 5.61. The van der Waals surface area contributed by atoms with Crippen LogP contribution in [0.5, 0.6) is 17.2 Å². The highest BCUT2D eigenvalue weighted by Gasteiger charge is 2.63. The van der Waals surface area contributed by atoms with Gasteiger partial charge in [0.2, 0.25) is 0 Å². The second-order valence-corrected chi connectivity index (χ2v) is 10.0. The molecule has 6 heteroatoms. The Morgan fingerprint density at radius 3 is 2.61 bits per heavy atom. The van der Waals surface area contributed by atoms with Gasteiger partial charge in [-0.2, -0.15) is 0 Å². The zero-order valence-electron chi connectivity index (χ0n) is 20.5. The van der Waals surface area contributed by atoms with Crippen LogP contribution in [0.2, 0.25) is 0 Å². The zero-order chi connectivity index (χ0) is 24.8. The van der Waals surface area contributed by atoms with Crippen LogP contribution in [-0.4, -0.2) is 30.1 Å². The third-order valence-electron chi connectivity index (χ3n) is 7.38. The number of fused-ring (bicyclic) bond motifs is 3. The Bertz CT molecular complexity index is 1290. The van der Waals surface area contributed by atoms with Crippen LogP contribution in [0.15, 0.2) is 54.6 Å². The molecule has 1 saturated heterocycles. The van der Waals surface area contributed by atoms with Crippen LogP contribution in [0.3, 0.4) is 0 Å². The molecule has 2 aliphatic heterocycles. The Balaban J connectivity index is 1.14. The van der Waals surface area contributed by atoms with Gasteiger partial charge in [0.15, 0.2) is 6.29 Å². The minimum Gasteiger partial charge on any atom is -0.489 e. The Morgan fingerprint density at radius 2 is 1.86 bits per heavy atom. The molecule has 3 aromatic rings. The minimum atomic E-state index is -0.790. The average molecular weight is 487 g/mol. The quantitative estimate of drug-likeness (QED) is 0.441. The lowest BCUT2D eigenvalue weighted by molar-refractivity contribution is -0.139. The normalized spacial score (nSPS) is 23.8. The predicted octanol–water partition coefficient (Wildman–Crippen LogP) is 6.01. The lowest BCUT2D eigenvalue weighted by Gasteiger charge is -2.24. The van der Waals surface area contributed by atoms with Gasteiger partial charge in [-0.15, -0.1) is 0 Å². The van der Waals surface area contributed by atoms with E-state index in [0.717, 1.165) is 65.2 Å². The Morgan fingerprint density at radius 1 is 1.03 bits per heavy atom. The summed E-state index contributed by atoms with van der Waals surface area (Å²) in [6, 6.07) is 18.3. The molecular formula is C30H30O6. The summed E-state index contributed by atoms with van der Waals surface area (Å²) in [7, 11) is 0. The van der Waals surface area contributed by atoms with Gasteiger partial charge in [-0.05, 0) is 78.8 Å². The molecule has 36 heavy (non-hydrogen) atoms. The molecule has 0 bridgehead atoms. The van der Waals surface area contributed by atoms with Crippen molar-refractivity contribution in [1.29, 1.82) is 0 Å². The molecule has 1 saturated carbocycles. The summed E-state index contributed by atoms with van der Waals surface area (Å²) in [4.78, 5) is 11.3. The second-order valence-electron chi connectivity index (χ2n) is 10.0. The highest BCUT2D eigenvalue weighted by Crippen LogP contribution is 2.58. The fraction of sp³-hybridized carbons (Fsp3) is 0.367. The van der Waals surface area contributed by atoms with E-state index in [9.17, 15) is 9.90 Å². The van der Waals surface area contributed by atoms with Crippen LogP contribution >= 0.6 is 0 Å². The predicted molar refractivity (Wildman–Crippen MR) is 135 cm³/mol. The number of aryl methyl sites for hydroxylation is 2. The molecule has 2 fully saturated rings. The molecule has 0 radical (unpaired) electrons. The molecule has 3 aromatic carbocycles. The Kier molecular flexibility index (Phi) is 5.84. The van der Waals surface area contributed by atoms with Crippen molar-refractivity contribution in [2.45, 2.75) is 58.0 Å². The minimum absolute atomic E-state index is 0.0262. The largest absolute Gasteiger partial charge is 0.489 e. The summed E-state index contributed by atoms with van der Waals surface area (Å²) in [6.45, 7) is 5.42.